The Morgan fingerprint density at radius 3 is 2.65 bits per heavy atom. The fourth-order valence-electron chi connectivity index (χ4n) is 1.05. The summed E-state index contributed by atoms with van der Waals surface area (Å²) in [7, 11) is 0. The van der Waals surface area contributed by atoms with Gasteiger partial charge in [0.05, 0.1) is 12.3 Å². The highest BCUT2D eigenvalue weighted by Crippen LogP contribution is 2.09. The van der Waals surface area contributed by atoms with E-state index < -0.39 is 18.0 Å². The molecule has 0 radical (unpaired) electrons. The number of hydrogen-bond donors (Lipinski definition) is 1. The summed E-state index contributed by atoms with van der Waals surface area (Å²) in [5, 5.41) is 15.7. The van der Waals surface area contributed by atoms with Gasteiger partial charge in [0.1, 0.15) is 6.04 Å². The Morgan fingerprint density at radius 2 is 2.18 bits per heavy atom. The first-order valence-corrected chi connectivity index (χ1v) is 5.31. The predicted molar refractivity (Wildman–Crippen MR) is 57.5 cm³/mol. The van der Waals surface area contributed by atoms with Crippen LogP contribution in [0.1, 0.15) is 43.7 Å². The van der Waals surface area contributed by atoms with Crippen LogP contribution < -0.4 is 0 Å². The second-order valence-electron chi connectivity index (χ2n) is 3.72. The van der Waals surface area contributed by atoms with Gasteiger partial charge < -0.3 is 9.84 Å². The van der Waals surface area contributed by atoms with Crippen LogP contribution in [-0.2, 0) is 9.53 Å². The molecule has 0 aliphatic rings. The SMILES string of the molecule is CCC(C)OC(=O)C(C)n1cc(C(=O)O)nn1. The van der Waals surface area contributed by atoms with Gasteiger partial charge in [-0.05, 0) is 20.3 Å². The molecular weight excluding hydrogens is 226 g/mol. The van der Waals surface area contributed by atoms with Gasteiger partial charge in [0.25, 0.3) is 0 Å². The lowest BCUT2D eigenvalue weighted by molar-refractivity contribution is -0.152. The highest BCUT2D eigenvalue weighted by Gasteiger charge is 2.21. The lowest BCUT2D eigenvalue weighted by Gasteiger charge is -2.15. The third-order valence-corrected chi connectivity index (χ3v) is 2.36. The molecule has 2 unspecified atom stereocenters. The summed E-state index contributed by atoms with van der Waals surface area (Å²) < 4.78 is 6.29. The number of ether oxygens (including phenoxy) is 1. The van der Waals surface area contributed by atoms with E-state index in [1.807, 2.05) is 6.92 Å². The van der Waals surface area contributed by atoms with E-state index in [2.05, 4.69) is 10.3 Å². The number of nitrogens with zero attached hydrogens (tertiary/aromatic N) is 3. The van der Waals surface area contributed by atoms with E-state index in [9.17, 15) is 9.59 Å². The molecular formula is C10H15N3O4. The molecule has 1 aromatic heterocycles. The zero-order valence-electron chi connectivity index (χ0n) is 9.95. The topological polar surface area (TPSA) is 94.3 Å². The largest absolute Gasteiger partial charge is 0.476 e. The zero-order valence-corrected chi connectivity index (χ0v) is 9.95. The summed E-state index contributed by atoms with van der Waals surface area (Å²) in [6.07, 6.45) is 1.74. The van der Waals surface area contributed by atoms with Crippen LogP contribution in [0.3, 0.4) is 0 Å². The Bertz CT molecular complexity index is 415. The third-order valence-electron chi connectivity index (χ3n) is 2.36. The summed E-state index contributed by atoms with van der Waals surface area (Å²) in [5.74, 6) is -1.64. The van der Waals surface area contributed by atoms with Gasteiger partial charge in [0.2, 0.25) is 0 Å². The number of hydrogen-bond acceptors (Lipinski definition) is 5. The van der Waals surface area contributed by atoms with Crippen LogP contribution >= 0.6 is 0 Å². The zero-order chi connectivity index (χ0) is 13.0. The molecule has 7 nitrogen and oxygen atoms in total. The Balaban J connectivity index is 2.71. The summed E-state index contributed by atoms with van der Waals surface area (Å²) in [4.78, 5) is 22.2. The standard InChI is InChI=1S/C10H15N3O4/c1-4-6(2)17-10(16)7(3)13-5-8(9(14)15)11-12-13/h5-7H,4H2,1-3H3,(H,14,15). The van der Waals surface area contributed by atoms with Gasteiger partial charge in [0.15, 0.2) is 5.69 Å². The summed E-state index contributed by atoms with van der Waals surface area (Å²) in [5.41, 5.74) is -0.201. The van der Waals surface area contributed by atoms with Gasteiger partial charge in [-0.3, -0.25) is 0 Å². The number of esters is 1. The molecule has 1 aromatic rings. The molecule has 0 bridgehead atoms. The minimum absolute atomic E-state index is 0.174. The van der Waals surface area contributed by atoms with Gasteiger partial charge in [-0.15, -0.1) is 5.10 Å². The van der Waals surface area contributed by atoms with Crippen molar-refractivity contribution in [2.45, 2.75) is 39.3 Å². The van der Waals surface area contributed by atoms with Gasteiger partial charge in [-0.2, -0.15) is 0 Å². The fourth-order valence-corrected chi connectivity index (χ4v) is 1.05. The highest BCUT2D eigenvalue weighted by molar-refractivity contribution is 5.84. The van der Waals surface area contributed by atoms with Gasteiger partial charge in [0, 0.05) is 0 Å². The van der Waals surface area contributed by atoms with Crippen molar-refractivity contribution in [2.75, 3.05) is 0 Å². The first-order chi connectivity index (χ1) is 7.95. The number of aromatic carboxylic acids is 1. The molecule has 17 heavy (non-hydrogen) atoms. The van der Waals surface area contributed by atoms with E-state index in [-0.39, 0.29) is 11.8 Å². The molecule has 0 amide bonds. The van der Waals surface area contributed by atoms with Gasteiger partial charge in [-0.25, -0.2) is 14.3 Å². The fraction of sp³-hybridized carbons (Fsp3) is 0.600. The first kappa shape index (κ1) is 13.1. The number of carbonyl (C=O) groups is 2. The van der Waals surface area contributed by atoms with E-state index >= 15 is 0 Å². The Hall–Kier alpha value is -1.92. The van der Waals surface area contributed by atoms with Crippen molar-refractivity contribution < 1.29 is 19.4 Å². The molecule has 0 saturated heterocycles. The lowest BCUT2D eigenvalue weighted by Crippen LogP contribution is -2.23. The van der Waals surface area contributed by atoms with E-state index in [1.54, 1.807) is 13.8 Å². The average Bonchev–Trinajstić information content (AvgIpc) is 2.77. The molecule has 0 aliphatic heterocycles. The van der Waals surface area contributed by atoms with Gasteiger partial charge >= 0.3 is 11.9 Å². The highest BCUT2D eigenvalue weighted by atomic mass is 16.5. The molecule has 94 valence electrons. The smallest absolute Gasteiger partial charge is 0.358 e. The summed E-state index contributed by atoms with van der Waals surface area (Å²) in [6.45, 7) is 5.26. The molecule has 7 heteroatoms. The van der Waals surface area contributed by atoms with Crippen LogP contribution in [0.25, 0.3) is 0 Å². The Morgan fingerprint density at radius 1 is 1.53 bits per heavy atom. The van der Waals surface area contributed by atoms with Crippen molar-refractivity contribution in [3.8, 4) is 0 Å². The van der Waals surface area contributed by atoms with E-state index in [1.165, 1.54) is 10.9 Å². The molecule has 0 aliphatic carbocycles. The second-order valence-corrected chi connectivity index (χ2v) is 3.72. The van der Waals surface area contributed by atoms with Crippen LogP contribution in [-0.4, -0.2) is 38.1 Å². The molecule has 0 saturated carbocycles. The average molecular weight is 241 g/mol. The molecule has 1 heterocycles. The first-order valence-electron chi connectivity index (χ1n) is 5.31. The van der Waals surface area contributed by atoms with Crippen molar-refractivity contribution in [3.63, 3.8) is 0 Å². The van der Waals surface area contributed by atoms with Crippen LogP contribution in [0.5, 0.6) is 0 Å². The molecule has 2 atom stereocenters. The van der Waals surface area contributed by atoms with Crippen molar-refractivity contribution >= 4 is 11.9 Å². The normalized spacial score (nSPS) is 14.1. The van der Waals surface area contributed by atoms with E-state index in [0.29, 0.717) is 0 Å². The Kier molecular flexibility index (Phi) is 4.19. The van der Waals surface area contributed by atoms with Crippen LogP contribution in [0.2, 0.25) is 0 Å². The Labute approximate surface area is 98.4 Å². The maximum atomic E-state index is 11.6. The number of carbonyl (C=O) groups excluding carboxylic acids is 1. The van der Waals surface area contributed by atoms with Crippen molar-refractivity contribution in [3.05, 3.63) is 11.9 Å². The maximum absolute atomic E-state index is 11.6. The quantitative estimate of drug-likeness (QED) is 0.769. The second kappa shape index (κ2) is 5.42. The molecule has 0 spiro atoms. The van der Waals surface area contributed by atoms with E-state index in [4.69, 9.17) is 9.84 Å². The summed E-state index contributed by atoms with van der Waals surface area (Å²) in [6, 6.07) is -0.690. The molecule has 1 rings (SSSR count). The van der Waals surface area contributed by atoms with Crippen molar-refractivity contribution in [1.82, 2.24) is 15.0 Å². The van der Waals surface area contributed by atoms with Crippen LogP contribution in [0, 0.1) is 0 Å². The number of carboxylic acid groups (broad SMARTS) is 1. The van der Waals surface area contributed by atoms with Crippen molar-refractivity contribution in [2.24, 2.45) is 0 Å². The number of aromatic nitrogens is 3. The molecule has 0 aromatic carbocycles. The van der Waals surface area contributed by atoms with Crippen molar-refractivity contribution in [1.29, 1.82) is 0 Å². The lowest BCUT2D eigenvalue weighted by atomic mass is 10.3. The molecule has 1 N–H and O–H groups in total. The number of carboxylic acids is 1. The van der Waals surface area contributed by atoms with Gasteiger partial charge in [-0.1, -0.05) is 12.1 Å². The predicted octanol–water partition coefficient (Wildman–Crippen LogP) is 0.879. The minimum Gasteiger partial charge on any atom is -0.476 e. The molecule has 0 fully saturated rings. The maximum Gasteiger partial charge on any atom is 0.358 e. The number of rotatable bonds is 5. The monoisotopic (exact) mass is 241 g/mol. The third kappa shape index (κ3) is 3.27. The van der Waals surface area contributed by atoms with Crippen LogP contribution in [0.15, 0.2) is 6.20 Å². The minimum atomic E-state index is -1.18. The van der Waals surface area contributed by atoms with Crippen LogP contribution in [0.4, 0.5) is 0 Å². The van der Waals surface area contributed by atoms with E-state index in [0.717, 1.165) is 6.42 Å². The summed E-state index contributed by atoms with van der Waals surface area (Å²) >= 11 is 0.